The van der Waals surface area contributed by atoms with Crippen molar-refractivity contribution in [3.8, 4) is 84.8 Å². The Morgan fingerprint density at radius 2 is 0.358 bits per heavy atom. The molecule has 7 aromatic heterocycles. The van der Waals surface area contributed by atoms with Crippen LogP contribution in [0.25, 0.3) is 226 Å². The SMILES string of the molecule is Cc1cc(-n2c3ccccc3c3ccccc32)ccc1-c1ccc(-n2c3ccccc3c3ccccc32)cc1C.c1cc(-n2c3ccccc3c3ccccc32)cc(-n2c3ccccc3c3ccccc32)c1.c1ccc(-c2nnc(-c3ccccc3)n2-c2cccc3ccccc23)cc1.c1ccc2c(c1)c1ccccc1n2-c1ccc(-c2ccc(-n3c4ccccc4c4ccccc43)cc2)cc1. The summed E-state index contributed by atoms with van der Waals surface area (Å²) < 4.78 is 16.4. The van der Waals surface area contributed by atoms with E-state index in [1.54, 1.807) is 0 Å². The van der Waals surface area contributed by atoms with Gasteiger partial charge in [0.05, 0.1) is 71.9 Å². The smallest absolute Gasteiger partial charge is 0.168 e. The molecular formula is C128H89N9. The first-order valence-electron chi connectivity index (χ1n) is 46.9. The summed E-state index contributed by atoms with van der Waals surface area (Å²) in [7, 11) is 0. The Morgan fingerprint density at radius 3 is 0.628 bits per heavy atom. The molecule has 646 valence electrons. The number of fused-ring (bicyclic) bond motifs is 19. The van der Waals surface area contributed by atoms with E-state index in [0.29, 0.717) is 0 Å². The topological polar surface area (TPSA) is 60.3 Å². The van der Waals surface area contributed by atoms with Crippen molar-refractivity contribution in [1.82, 2.24) is 42.2 Å². The van der Waals surface area contributed by atoms with Gasteiger partial charge in [-0.2, -0.15) is 0 Å². The van der Waals surface area contributed by atoms with Crippen molar-refractivity contribution in [2.75, 3.05) is 0 Å². The standard InChI is InChI=1S/C38H28N2.C36H24N2.C30H20N2.C24H17N3/c1-25-23-27(39-35-15-7-3-11-31(35)32-12-4-8-16-36(32)39)19-21-29(25)30-22-20-28(24-26(30)2)40-37-17-9-5-13-33(37)34-14-6-10-18-38(34)40;1-5-13-33-29(9-1)30-10-2-6-14-34(30)37(33)27-21-17-25(18-22-27)26-19-23-28(24-20-26)38-35-15-7-3-11-31(35)32-12-4-8-16-36(32)38;1-5-16-27-23(12-1)24-13-2-6-17-28(24)31(27)21-10-9-11-22(20-21)32-29-18-7-3-14-25(29)26-15-4-8-19-30(26)32;1-3-11-19(12-4-1)23-25-26-24(20-13-5-2-6-14-20)27(23)22-17-9-15-18-10-7-8-16-21(18)22/h3-24H,1-2H3;1-24H;1-20H;1-17H. The number of para-hydroxylation sites is 12. The van der Waals surface area contributed by atoms with Gasteiger partial charge in [0.1, 0.15) is 0 Å². The Hall–Kier alpha value is -18.2. The number of benzene rings is 21. The zero-order valence-corrected chi connectivity index (χ0v) is 75.4. The Bertz CT molecular complexity index is 8680. The summed E-state index contributed by atoms with van der Waals surface area (Å²) in [4.78, 5) is 0. The van der Waals surface area contributed by atoms with Crippen molar-refractivity contribution in [1.29, 1.82) is 0 Å². The highest BCUT2D eigenvalue weighted by molar-refractivity contribution is 6.15. The van der Waals surface area contributed by atoms with Crippen LogP contribution in [0.1, 0.15) is 11.1 Å². The van der Waals surface area contributed by atoms with E-state index < -0.39 is 0 Å². The molecule has 9 nitrogen and oxygen atoms in total. The van der Waals surface area contributed by atoms with E-state index >= 15 is 0 Å². The van der Waals surface area contributed by atoms with Gasteiger partial charge in [-0.25, -0.2) is 0 Å². The summed E-state index contributed by atoms with van der Waals surface area (Å²) in [5.74, 6) is 1.68. The van der Waals surface area contributed by atoms with Crippen LogP contribution in [0, 0.1) is 13.8 Å². The summed E-state index contributed by atoms with van der Waals surface area (Å²) in [5.41, 5.74) is 32.6. The Morgan fingerprint density at radius 1 is 0.146 bits per heavy atom. The van der Waals surface area contributed by atoms with Crippen LogP contribution in [-0.2, 0) is 0 Å². The average Bonchev–Trinajstić information content (AvgIpc) is 1.58. The van der Waals surface area contributed by atoms with E-state index in [-0.39, 0.29) is 0 Å². The highest BCUT2D eigenvalue weighted by Gasteiger charge is 2.23. The average molecular weight is 1750 g/mol. The number of nitrogens with zero attached hydrogens (tertiary/aromatic N) is 9. The van der Waals surface area contributed by atoms with E-state index in [4.69, 9.17) is 0 Å². The third-order valence-corrected chi connectivity index (χ3v) is 27.4. The van der Waals surface area contributed by atoms with Crippen LogP contribution in [-0.4, -0.2) is 42.2 Å². The Kier molecular flexibility index (Phi) is 20.2. The molecule has 137 heavy (non-hydrogen) atoms. The fraction of sp³-hybridized carbons (Fsp3) is 0.0156. The van der Waals surface area contributed by atoms with Gasteiger partial charge in [-0.15, -0.1) is 10.2 Å². The second-order valence-corrected chi connectivity index (χ2v) is 35.2. The highest BCUT2D eigenvalue weighted by atomic mass is 15.3. The summed E-state index contributed by atoms with van der Waals surface area (Å²) in [5, 5.41) is 26.9. The molecule has 7 heterocycles. The molecule has 0 atom stereocenters. The van der Waals surface area contributed by atoms with Crippen LogP contribution in [0.4, 0.5) is 0 Å². The maximum absolute atomic E-state index is 4.56. The predicted molar refractivity (Wildman–Crippen MR) is 575 cm³/mol. The molecule has 21 aromatic carbocycles. The maximum atomic E-state index is 4.56. The van der Waals surface area contributed by atoms with Crippen LogP contribution in [0.5, 0.6) is 0 Å². The number of aromatic nitrogens is 9. The first-order chi connectivity index (χ1) is 67.9. The summed E-state index contributed by atoms with van der Waals surface area (Å²) >= 11 is 0. The lowest BCUT2D eigenvalue weighted by molar-refractivity contribution is 1.08. The highest BCUT2D eigenvalue weighted by Crippen LogP contribution is 2.43. The normalized spacial score (nSPS) is 11.6. The minimum atomic E-state index is 0.839. The zero-order chi connectivity index (χ0) is 91.0. The van der Waals surface area contributed by atoms with Crippen molar-refractivity contribution in [3.05, 3.63) is 515 Å². The van der Waals surface area contributed by atoms with Crippen molar-refractivity contribution < 1.29 is 0 Å². The fourth-order valence-electron chi connectivity index (χ4n) is 21.2. The third kappa shape index (κ3) is 14.0. The molecular weight excluding hydrogens is 1660 g/mol. The van der Waals surface area contributed by atoms with Gasteiger partial charge in [0.15, 0.2) is 11.6 Å². The number of aryl methyl sites for hydroxylation is 2. The van der Waals surface area contributed by atoms with Gasteiger partial charge in [0.2, 0.25) is 0 Å². The van der Waals surface area contributed by atoms with Crippen molar-refractivity contribution in [2.24, 2.45) is 0 Å². The van der Waals surface area contributed by atoms with Gasteiger partial charge < -0.3 is 27.4 Å². The first-order valence-corrected chi connectivity index (χ1v) is 46.9. The van der Waals surface area contributed by atoms with E-state index in [1.165, 1.54) is 209 Å². The van der Waals surface area contributed by atoms with Crippen LogP contribution in [0.15, 0.2) is 504 Å². The van der Waals surface area contributed by atoms with E-state index in [2.05, 4.69) is 523 Å². The van der Waals surface area contributed by atoms with Gasteiger partial charge in [0, 0.05) is 115 Å². The van der Waals surface area contributed by atoms with Crippen LogP contribution in [0.2, 0.25) is 0 Å². The summed E-state index contributed by atoms with van der Waals surface area (Å²) in [6, 6.07) is 180. The van der Waals surface area contributed by atoms with Gasteiger partial charge in [-0.05, 0) is 198 Å². The molecule has 0 aliphatic carbocycles. The van der Waals surface area contributed by atoms with Gasteiger partial charge in [0.25, 0.3) is 0 Å². The molecule has 0 bridgehead atoms. The molecule has 0 fully saturated rings. The largest absolute Gasteiger partial charge is 0.309 e. The monoisotopic (exact) mass is 1750 g/mol. The molecule has 0 radical (unpaired) electrons. The minimum Gasteiger partial charge on any atom is -0.309 e. The second-order valence-electron chi connectivity index (χ2n) is 35.2. The number of rotatable bonds is 11. The number of hydrogen-bond donors (Lipinski definition) is 0. The van der Waals surface area contributed by atoms with E-state index in [1.807, 2.05) is 36.4 Å². The van der Waals surface area contributed by atoms with E-state index in [9.17, 15) is 0 Å². The van der Waals surface area contributed by atoms with Gasteiger partial charge in [-0.3, -0.25) is 4.57 Å². The molecule has 0 spiro atoms. The lowest BCUT2D eigenvalue weighted by Crippen LogP contribution is -2.01. The quantitative estimate of drug-likeness (QED) is 0.130. The molecule has 28 rings (SSSR count). The first kappa shape index (κ1) is 80.9. The molecule has 0 amide bonds. The second kappa shape index (κ2) is 34.2. The maximum Gasteiger partial charge on any atom is 0.168 e. The molecule has 0 N–H and O–H groups in total. The fourth-order valence-corrected chi connectivity index (χ4v) is 21.2. The van der Waals surface area contributed by atoms with Crippen LogP contribution in [0.3, 0.4) is 0 Å². The molecule has 0 saturated heterocycles. The van der Waals surface area contributed by atoms with Crippen molar-refractivity contribution in [2.45, 2.75) is 13.8 Å². The van der Waals surface area contributed by atoms with Crippen molar-refractivity contribution in [3.63, 3.8) is 0 Å². The molecule has 0 aliphatic heterocycles. The molecule has 0 aliphatic rings. The molecule has 9 heteroatoms. The number of hydrogen-bond acceptors (Lipinski definition) is 2. The van der Waals surface area contributed by atoms with Crippen LogP contribution < -0.4 is 0 Å². The predicted octanol–water partition coefficient (Wildman–Crippen LogP) is 33.3. The summed E-state index contributed by atoms with van der Waals surface area (Å²) in [6.45, 7) is 4.46. The lowest BCUT2D eigenvalue weighted by atomic mass is 9.95. The molecule has 0 unspecified atom stereocenters. The third-order valence-electron chi connectivity index (χ3n) is 27.4. The minimum absolute atomic E-state index is 0.839. The van der Waals surface area contributed by atoms with Gasteiger partial charge >= 0.3 is 0 Å². The lowest BCUT2D eigenvalue weighted by Gasteiger charge is -2.15. The Balaban J connectivity index is 0.0000000980. The van der Waals surface area contributed by atoms with Crippen molar-refractivity contribution >= 4 is 142 Å². The molecule has 28 aromatic rings. The van der Waals surface area contributed by atoms with Crippen LogP contribution >= 0.6 is 0 Å². The zero-order valence-electron chi connectivity index (χ0n) is 75.4. The van der Waals surface area contributed by atoms with E-state index in [0.717, 1.165) is 28.5 Å². The summed E-state index contributed by atoms with van der Waals surface area (Å²) in [6.07, 6.45) is 0. The van der Waals surface area contributed by atoms with Gasteiger partial charge in [-0.1, -0.05) is 358 Å². The molecule has 0 saturated carbocycles. The Labute approximate surface area is 791 Å².